The van der Waals surface area contributed by atoms with E-state index in [1.54, 1.807) is 0 Å². The molecule has 32 heteroatoms. The fraction of sp³-hybridized carbons (Fsp3) is 0.719. The number of rotatable bonds is 54. The topological polar surface area (TPSA) is 502 Å². The quantitative estimate of drug-likeness (QED) is 0.0302. The molecular weight excluding hydrogens is 1170 g/mol. The average molecular weight is 1270 g/mol. The van der Waals surface area contributed by atoms with Crippen molar-refractivity contribution in [2.75, 3.05) is 66.3 Å². The highest BCUT2D eigenvalue weighted by molar-refractivity contribution is 5.97. The van der Waals surface area contributed by atoms with Crippen LogP contribution in [0.3, 0.4) is 0 Å². The molecule has 1 heterocycles. The number of aliphatic hydroxyl groups excluding tert-OH is 1. The molecular formula is C57H98N14O18. The van der Waals surface area contributed by atoms with Gasteiger partial charge in [-0.05, 0) is 32.1 Å². The number of aromatic nitrogens is 2. The van der Waals surface area contributed by atoms with Crippen LogP contribution in [0.5, 0.6) is 0 Å². The van der Waals surface area contributed by atoms with Crippen LogP contribution in [0.2, 0.25) is 0 Å². The number of hydrogen-bond donors (Lipinski definition) is 16. The molecule has 11 amide bonds. The summed E-state index contributed by atoms with van der Waals surface area (Å²) in [6, 6.07) is -8.40. The first-order valence-corrected chi connectivity index (χ1v) is 30.6. The predicted molar refractivity (Wildman–Crippen MR) is 321 cm³/mol. The van der Waals surface area contributed by atoms with E-state index in [0.717, 1.165) is 57.8 Å². The van der Waals surface area contributed by atoms with Gasteiger partial charge in [0.15, 0.2) is 0 Å². The number of primary amides is 1. The van der Waals surface area contributed by atoms with Crippen molar-refractivity contribution in [3.63, 3.8) is 0 Å². The van der Waals surface area contributed by atoms with Crippen LogP contribution in [-0.4, -0.2) is 205 Å². The number of imidazole rings is 1. The Morgan fingerprint density at radius 2 is 1.00 bits per heavy atom. The molecule has 0 unspecified atom stereocenters. The lowest BCUT2D eigenvalue weighted by atomic mass is 10.0. The van der Waals surface area contributed by atoms with Gasteiger partial charge in [-0.2, -0.15) is 0 Å². The zero-order valence-electron chi connectivity index (χ0n) is 51.5. The summed E-state index contributed by atoms with van der Waals surface area (Å²) in [7, 11) is 1.40. The van der Waals surface area contributed by atoms with Crippen molar-refractivity contribution in [1.29, 1.82) is 0 Å². The van der Waals surface area contributed by atoms with Crippen LogP contribution in [0.1, 0.15) is 160 Å². The summed E-state index contributed by atoms with van der Waals surface area (Å²) < 4.78 is 10.6. The number of ether oxygens (including phenoxy) is 2. The number of nitrogens with zero attached hydrogens (tertiary/aromatic N) is 1. The summed E-state index contributed by atoms with van der Waals surface area (Å²) >= 11 is 0. The van der Waals surface area contributed by atoms with Crippen LogP contribution in [0.4, 0.5) is 0 Å². The molecule has 18 N–H and O–H groups in total. The van der Waals surface area contributed by atoms with E-state index in [9.17, 15) is 72.5 Å². The first-order chi connectivity index (χ1) is 42.6. The molecule has 0 saturated heterocycles. The summed E-state index contributed by atoms with van der Waals surface area (Å²) in [5, 5.41) is 52.4. The van der Waals surface area contributed by atoms with Gasteiger partial charge in [-0.15, -0.1) is 0 Å². The van der Waals surface area contributed by atoms with Gasteiger partial charge in [0.25, 0.3) is 0 Å². The van der Waals surface area contributed by atoms with Crippen molar-refractivity contribution in [2.45, 2.75) is 197 Å². The number of unbranched alkanes of at least 4 members (excludes halogenated alkanes) is 14. The largest absolute Gasteiger partial charge is 0.481 e. The number of carbonyl (C=O) groups is 13. The van der Waals surface area contributed by atoms with Crippen molar-refractivity contribution in [2.24, 2.45) is 11.5 Å². The molecule has 0 aliphatic rings. The number of carboxylic acids is 2. The van der Waals surface area contributed by atoms with Gasteiger partial charge in [-0.25, -0.2) is 9.78 Å². The summed E-state index contributed by atoms with van der Waals surface area (Å²) in [5.74, 6) is -10.5. The molecule has 1 rings (SSSR count). The van der Waals surface area contributed by atoms with Crippen LogP contribution in [0.25, 0.3) is 0 Å². The van der Waals surface area contributed by atoms with E-state index in [2.05, 4.69) is 63.1 Å². The minimum absolute atomic E-state index is 0.0163. The van der Waals surface area contributed by atoms with Crippen LogP contribution in [0, 0.1) is 0 Å². The molecule has 1 aromatic rings. The van der Waals surface area contributed by atoms with Crippen LogP contribution < -0.4 is 64.6 Å². The van der Waals surface area contributed by atoms with Gasteiger partial charge in [0.1, 0.15) is 42.9 Å². The number of hydrogen-bond acceptors (Lipinski definition) is 18. The molecule has 0 fully saturated rings. The van der Waals surface area contributed by atoms with Crippen LogP contribution in [0.15, 0.2) is 12.5 Å². The Kier molecular flexibility index (Phi) is 43.7. The number of carbonyl (C=O) groups excluding carboxylic acids is 11. The monoisotopic (exact) mass is 1270 g/mol. The molecule has 1 aromatic heterocycles. The number of aliphatic hydroxyl groups is 1. The van der Waals surface area contributed by atoms with E-state index < -0.39 is 153 Å². The number of aliphatic carboxylic acids is 2. The molecule has 0 saturated carbocycles. The first kappa shape index (κ1) is 79.2. The lowest BCUT2D eigenvalue weighted by Crippen LogP contribution is -2.61. The Morgan fingerprint density at radius 3 is 1.53 bits per heavy atom. The maximum atomic E-state index is 13.8. The van der Waals surface area contributed by atoms with Gasteiger partial charge in [0.05, 0.1) is 51.5 Å². The van der Waals surface area contributed by atoms with E-state index in [4.69, 9.17) is 26.0 Å². The molecule has 6 atom stereocenters. The SMILES string of the molecule is CCCC[C@H](NC(=O)[C@H](CN)NC(=O)[C@H](Cc1c[nH]cn1)NC(=O)[C@H](CCC(N)=O)NC(=O)[C@H](CO)NC(=O)CNC(=O)COCCOCCNC(=O)CC[C@H](NC(=O)CNC(=O)CCCCCCCCCCCCCCCCC(=O)O)C(=O)O)C(=O)NC. The summed E-state index contributed by atoms with van der Waals surface area (Å²) in [6.45, 7) is -1.17. The van der Waals surface area contributed by atoms with Crippen molar-refractivity contribution in [1.82, 2.24) is 63.1 Å². The Labute approximate surface area is 518 Å². The second-order valence-electron chi connectivity index (χ2n) is 21.2. The van der Waals surface area contributed by atoms with Crippen molar-refractivity contribution in [3.05, 3.63) is 18.2 Å². The van der Waals surface area contributed by atoms with E-state index in [0.29, 0.717) is 25.0 Å². The Balaban J connectivity index is 2.44. The zero-order chi connectivity index (χ0) is 66.2. The highest BCUT2D eigenvalue weighted by atomic mass is 16.5. The number of carboxylic acid groups (broad SMARTS) is 2. The predicted octanol–water partition coefficient (Wildman–Crippen LogP) is -2.41. The molecule has 32 nitrogen and oxygen atoms in total. The normalized spacial score (nSPS) is 12.9. The fourth-order valence-corrected chi connectivity index (χ4v) is 8.68. The third-order valence-corrected chi connectivity index (χ3v) is 13.7. The number of nitrogens with two attached hydrogens (primary N) is 2. The molecule has 0 aliphatic heterocycles. The number of nitrogens with one attached hydrogen (secondary N) is 11. The minimum Gasteiger partial charge on any atom is -0.481 e. The zero-order valence-corrected chi connectivity index (χ0v) is 51.5. The van der Waals surface area contributed by atoms with Gasteiger partial charge >= 0.3 is 11.9 Å². The van der Waals surface area contributed by atoms with Crippen molar-refractivity contribution >= 4 is 76.9 Å². The summed E-state index contributed by atoms with van der Waals surface area (Å²) in [5.41, 5.74) is 11.5. The van der Waals surface area contributed by atoms with E-state index in [1.165, 1.54) is 51.7 Å². The molecule has 0 radical (unpaired) electrons. The Hall–Kier alpha value is -7.84. The second-order valence-corrected chi connectivity index (χ2v) is 21.2. The average Bonchev–Trinajstić information content (AvgIpc) is 4.00. The van der Waals surface area contributed by atoms with Gasteiger partial charge < -0.3 is 94.4 Å². The highest BCUT2D eigenvalue weighted by Gasteiger charge is 2.33. The lowest BCUT2D eigenvalue weighted by Gasteiger charge is -2.26. The van der Waals surface area contributed by atoms with Crippen LogP contribution >= 0.6 is 0 Å². The lowest BCUT2D eigenvalue weighted by molar-refractivity contribution is -0.142. The Bertz CT molecular complexity index is 2330. The van der Waals surface area contributed by atoms with Gasteiger partial charge in [0, 0.05) is 58.4 Å². The molecule has 0 aliphatic carbocycles. The number of aromatic amines is 1. The third kappa shape index (κ3) is 39.6. The molecule has 89 heavy (non-hydrogen) atoms. The molecule has 0 bridgehead atoms. The summed E-state index contributed by atoms with van der Waals surface area (Å²) in [4.78, 5) is 170. The van der Waals surface area contributed by atoms with E-state index in [-0.39, 0.29) is 64.4 Å². The summed E-state index contributed by atoms with van der Waals surface area (Å²) in [6.07, 6.45) is 18.0. The van der Waals surface area contributed by atoms with Crippen LogP contribution in [-0.2, 0) is 78.2 Å². The van der Waals surface area contributed by atoms with Gasteiger partial charge in [-0.3, -0.25) is 57.5 Å². The number of amides is 11. The number of H-pyrrole nitrogens is 1. The van der Waals surface area contributed by atoms with Gasteiger partial charge in [-0.1, -0.05) is 96.8 Å². The highest BCUT2D eigenvalue weighted by Crippen LogP contribution is 2.14. The molecule has 0 aromatic carbocycles. The second kappa shape index (κ2) is 49.1. The minimum atomic E-state index is -1.69. The Morgan fingerprint density at radius 1 is 0.517 bits per heavy atom. The number of likely N-dealkylation sites (N-methyl/N-ethyl adjacent to an activating group) is 1. The van der Waals surface area contributed by atoms with Crippen molar-refractivity contribution < 1.29 is 87.1 Å². The molecule has 0 spiro atoms. The fourth-order valence-electron chi connectivity index (χ4n) is 8.68. The third-order valence-electron chi connectivity index (χ3n) is 13.7. The smallest absolute Gasteiger partial charge is 0.326 e. The van der Waals surface area contributed by atoms with Gasteiger partial charge in [0.2, 0.25) is 65.0 Å². The standard InChI is InChI=1S/C57H98N14O18/c1-3-4-19-39(52(81)60-2)68-55(84)43(31-58)71-54(83)42(30-38-32-61-37-65-38)70-53(82)40(22-24-45(59)73)69-56(85)44(35-72)67-49(77)34-64-50(78)36-89-29-28-88-27-26-62-47(75)25-23-41(57(86)87)66-48(76)33-63-46(74)20-17-15-13-11-9-7-5-6-8-10-12-14-16-18-21-51(79)80/h32,37,39-44,72H,3-31,33-36,58H2,1-2H3,(H2,59,73)(H,60,81)(H,61,65)(H,62,75)(H,63,74)(H,64,78)(H,66,76)(H,67,77)(H,68,84)(H,69,85)(H,70,82)(H,71,83)(H,79,80)(H,86,87)/t39-,40-,41-,42-,43-,44-/m0/s1. The maximum absolute atomic E-state index is 13.8. The van der Waals surface area contributed by atoms with Crippen molar-refractivity contribution in [3.8, 4) is 0 Å². The maximum Gasteiger partial charge on any atom is 0.326 e. The van der Waals surface area contributed by atoms with E-state index >= 15 is 0 Å². The van der Waals surface area contributed by atoms with E-state index in [1.807, 2.05) is 6.92 Å². The molecule has 504 valence electrons. The first-order valence-electron chi connectivity index (χ1n) is 30.6.